The number of unbranched alkanes of at least 4 members (excludes halogenated alkanes) is 9. The number of rotatable bonds is 17. The van der Waals surface area contributed by atoms with Crippen molar-refractivity contribution in [2.24, 2.45) is 10.2 Å². The molecule has 0 N–H and O–H groups in total. The predicted octanol–water partition coefficient (Wildman–Crippen LogP) is 9.94. The Balaban J connectivity index is 1.38. The Morgan fingerprint density at radius 2 is 1.26 bits per heavy atom. The first-order valence-electron chi connectivity index (χ1n) is 14.2. The molecular formula is C33H42N2O4. The minimum Gasteiger partial charge on any atom is -0.497 e. The highest BCUT2D eigenvalue weighted by Crippen LogP contribution is 2.27. The molecule has 0 saturated heterocycles. The molecule has 6 heteroatoms. The summed E-state index contributed by atoms with van der Waals surface area (Å²) in [5, 5.41) is 8.52. The van der Waals surface area contributed by atoms with Crippen molar-refractivity contribution in [1.29, 1.82) is 0 Å². The van der Waals surface area contributed by atoms with E-state index >= 15 is 0 Å². The van der Waals surface area contributed by atoms with Gasteiger partial charge in [0.2, 0.25) is 0 Å². The van der Waals surface area contributed by atoms with Crippen molar-refractivity contribution in [3.8, 4) is 17.2 Å². The average Bonchev–Trinajstić information content (AvgIpc) is 2.96. The number of benzene rings is 3. The molecule has 3 aromatic carbocycles. The summed E-state index contributed by atoms with van der Waals surface area (Å²) in [6.07, 6.45) is 13.0. The second-order valence-corrected chi connectivity index (χ2v) is 9.79. The maximum atomic E-state index is 12.7. The summed E-state index contributed by atoms with van der Waals surface area (Å²) < 4.78 is 16.6. The molecular weight excluding hydrogens is 488 g/mol. The molecule has 3 rings (SSSR count). The average molecular weight is 531 g/mol. The van der Waals surface area contributed by atoms with E-state index in [9.17, 15) is 4.79 Å². The van der Waals surface area contributed by atoms with E-state index < -0.39 is 5.97 Å². The molecule has 0 bridgehead atoms. The fraction of sp³-hybridized carbons (Fsp3) is 0.424. The smallest absolute Gasteiger partial charge is 0.343 e. The Hall–Kier alpha value is -3.67. The van der Waals surface area contributed by atoms with Crippen LogP contribution in [0.3, 0.4) is 0 Å². The third-order valence-electron chi connectivity index (χ3n) is 6.57. The molecule has 0 aliphatic carbocycles. The quantitative estimate of drug-likeness (QED) is 0.0753. The van der Waals surface area contributed by atoms with Crippen molar-refractivity contribution in [2.45, 2.75) is 78.1 Å². The number of aryl methyl sites for hydroxylation is 1. The maximum Gasteiger partial charge on any atom is 0.343 e. The number of carbonyl (C=O) groups is 1. The van der Waals surface area contributed by atoms with Gasteiger partial charge < -0.3 is 14.2 Å². The fourth-order valence-corrected chi connectivity index (χ4v) is 4.20. The zero-order chi connectivity index (χ0) is 27.7. The van der Waals surface area contributed by atoms with E-state index in [4.69, 9.17) is 14.2 Å². The third-order valence-corrected chi connectivity index (χ3v) is 6.57. The fourth-order valence-electron chi connectivity index (χ4n) is 4.20. The van der Waals surface area contributed by atoms with Gasteiger partial charge in [0.15, 0.2) is 0 Å². The van der Waals surface area contributed by atoms with Crippen molar-refractivity contribution in [3.63, 3.8) is 0 Å². The molecule has 39 heavy (non-hydrogen) atoms. The van der Waals surface area contributed by atoms with Crippen LogP contribution < -0.4 is 14.2 Å². The molecule has 0 spiro atoms. The van der Waals surface area contributed by atoms with E-state index in [0.29, 0.717) is 23.6 Å². The summed E-state index contributed by atoms with van der Waals surface area (Å²) in [5.41, 5.74) is 2.67. The topological polar surface area (TPSA) is 69.5 Å². The zero-order valence-electron chi connectivity index (χ0n) is 23.7. The standard InChI is InChI=1S/C33H42N2O4/c1-4-5-6-7-8-9-10-11-12-13-24-38-31-19-14-27(15-20-31)33(36)39-32-23-18-29(25-26(32)2)35-34-28-16-21-30(37-3)22-17-28/h14-23,25H,4-13,24H2,1-3H3. The Kier molecular flexibility index (Phi) is 13.0. The van der Waals surface area contributed by atoms with E-state index in [1.54, 1.807) is 31.4 Å². The van der Waals surface area contributed by atoms with Gasteiger partial charge in [0, 0.05) is 0 Å². The van der Waals surface area contributed by atoms with Crippen LogP contribution >= 0.6 is 0 Å². The van der Waals surface area contributed by atoms with Gasteiger partial charge in [-0.25, -0.2) is 4.79 Å². The van der Waals surface area contributed by atoms with Crippen LogP contribution in [-0.4, -0.2) is 19.7 Å². The van der Waals surface area contributed by atoms with Crippen LogP contribution in [0.25, 0.3) is 0 Å². The number of methoxy groups -OCH3 is 1. The lowest BCUT2D eigenvalue weighted by molar-refractivity contribution is 0.0733. The van der Waals surface area contributed by atoms with Gasteiger partial charge in [0.1, 0.15) is 17.2 Å². The monoisotopic (exact) mass is 530 g/mol. The number of hydrogen-bond acceptors (Lipinski definition) is 6. The molecule has 0 aliphatic heterocycles. The van der Waals surface area contributed by atoms with E-state index in [1.165, 1.54) is 57.8 Å². The second kappa shape index (κ2) is 17.0. The van der Waals surface area contributed by atoms with Crippen molar-refractivity contribution in [1.82, 2.24) is 0 Å². The number of azo groups is 1. The molecule has 0 aliphatic rings. The van der Waals surface area contributed by atoms with Gasteiger partial charge >= 0.3 is 5.97 Å². The zero-order valence-corrected chi connectivity index (χ0v) is 23.7. The molecule has 208 valence electrons. The van der Waals surface area contributed by atoms with Crippen molar-refractivity contribution in [3.05, 3.63) is 77.9 Å². The molecule has 6 nitrogen and oxygen atoms in total. The van der Waals surface area contributed by atoms with Crippen molar-refractivity contribution < 1.29 is 19.0 Å². The van der Waals surface area contributed by atoms with Crippen LogP contribution in [0, 0.1) is 6.92 Å². The summed E-state index contributed by atoms with van der Waals surface area (Å²) in [6.45, 7) is 4.83. The number of hydrogen-bond donors (Lipinski definition) is 0. The Bertz CT molecular complexity index is 1160. The van der Waals surface area contributed by atoms with Gasteiger partial charge in [-0.1, -0.05) is 64.7 Å². The molecule has 0 unspecified atom stereocenters. The van der Waals surface area contributed by atoms with Crippen molar-refractivity contribution >= 4 is 17.3 Å². The summed E-state index contributed by atoms with van der Waals surface area (Å²) in [4.78, 5) is 12.7. The van der Waals surface area contributed by atoms with E-state index in [2.05, 4.69) is 17.2 Å². The van der Waals surface area contributed by atoms with E-state index in [1.807, 2.05) is 49.4 Å². The van der Waals surface area contributed by atoms with E-state index in [0.717, 1.165) is 29.2 Å². The Labute approximate surface area is 233 Å². The number of carbonyl (C=O) groups excluding carboxylic acids is 1. The van der Waals surface area contributed by atoms with Crippen LogP contribution in [0.2, 0.25) is 0 Å². The lowest BCUT2D eigenvalue weighted by Gasteiger charge is -2.09. The van der Waals surface area contributed by atoms with Gasteiger partial charge in [-0.15, -0.1) is 0 Å². The summed E-state index contributed by atoms with van der Waals surface area (Å²) in [7, 11) is 1.62. The Morgan fingerprint density at radius 3 is 1.87 bits per heavy atom. The SMILES string of the molecule is CCCCCCCCCCCCOc1ccc(C(=O)Oc2ccc(N=Nc3ccc(OC)cc3)cc2C)cc1. The predicted molar refractivity (Wildman–Crippen MR) is 157 cm³/mol. The summed E-state index contributed by atoms with van der Waals surface area (Å²) in [5.74, 6) is 1.62. The van der Waals surface area contributed by atoms with Gasteiger partial charge in [-0.3, -0.25) is 0 Å². The number of ether oxygens (including phenoxy) is 3. The molecule has 3 aromatic rings. The lowest BCUT2D eigenvalue weighted by Crippen LogP contribution is -2.09. The van der Waals surface area contributed by atoms with Crippen LogP contribution in [0.15, 0.2) is 77.0 Å². The maximum absolute atomic E-state index is 12.7. The van der Waals surface area contributed by atoms with Crippen LogP contribution in [0.4, 0.5) is 11.4 Å². The van der Waals surface area contributed by atoms with Gasteiger partial charge in [-0.05, 0) is 85.6 Å². The van der Waals surface area contributed by atoms with Gasteiger partial charge in [0.05, 0.1) is 30.7 Å². The summed E-state index contributed by atoms with van der Waals surface area (Å²) in [6, 6.07) is 19.8. The van der Waals surface area contributed by atoms with Gasteiger partial charge in [-0.2, -0.15) is 10.2 Å². The molecule has 0 aromatic heterocycles. The first-order valence-corrected chi connectivity index (χ1v) is 14.2. The molecule has 0 radical (unpaired) electrons. The molecule has 0 heterocycles. The minimum absolute atomic E-state index is 0.410. The molecule has 0 atom stereocenters. The first-order chi connectivity index (χ1) is 19.1. The number of nitrogens with zero attached hydrogens (tertiary/aromatic N) is 2. The van der Waals surface area contributed by atoms with E-state index in [-0.39, 0.29) is 0 Å². The first kappa shape index (κ1) is 29.9. The van der Waals surface area contributed by atoms with Crippen molar-refractivity contribution in [2.75, 3.05) is 13.7 Å². The van der Waals surface area contributed by atoms with Crippen LogP contribution in [0.5, 0.6) is 17.2 Å². The molecule has 0 amide bonds. The highest BCUT2D eigenvalue weighted by molar-refractivity contribution is 5.91. The minimum atomic E-state index is -0.410. The van der Waals surface area contributed by atoms with Gasteiger partial charge in [0.25, 0.3) is 0 Å². The Morgan fingerprint density at radius 1 is 0.692 bits per heavy atom. The normalized spacial score (nSPS) is 11.1. The van der Waals surface area contributed by atoms with Crippen LogP contribution in [-0.2, 0) is 0 Å². The largest absolute Gasteiger partial charge is 0.497 e. The second-order valence-electron chi connectivity index (χ2n) is 9.79. The lowest BCUT2D eigenvalue weighted by atomic mass is 10.1. The molecule has 0 fully saturated rings. The third kappa shape index (κ3) is 10.9. The number of esters is 1. The highest BCUT2D eigenvalue weighted by atomic mass is 16.5. The summed E-state index contributed by atoms with van der Waals surface area (Å²) >= 11 is 0. The molecule has 0 saturated carbocycles. The highest BCUT2D eigenvalue weighted by Gasteiger charge is 2.11. The van der Waals surface area contributed by atoms with Crippen LogP contribution in [0.1, 0.15) is 87.1 Å².